The highest BCUT2D eigenvalue weighted by molar-refractivity contribution is 5.26. The summed E-state index contributed by atoms with van der Waals surface area (Å²) in [5.74, 6) is -0.0968. The molecule has 18 heavy (non-hydrogen) atoms. The van der Waals surface area contributed by atoms with Gasteiger partial charge in [0.2, 0.25) is 0 Å². The fourth-order valence-electron chi connectivity index (χ4n) is 2.12. The Morgan fingerprint density at radius 2 is 1.94 bits per heavy atom. The Kier molecular flexibility index (Phi) is 5.33. The Balaban J connectivity index is 2.86. The van der Waals surface area contributed by atoms with Crippen LogP contribution in [0.5, 0.6) is 0 Å². The first-order valence-electron chi connectivity index (χ1n) is 6.83. The van der Waals surface area contributed by atoms with Crippen molar-refractivity contribution < 1.29 is 4.39 Å². The largest absolute Gasteiger partial charge is 0.310 e. The van der Waals surface area contributed by atoms with E-state index in [4.69, 9.17) is 0 Å². The molecule has 0 fully saturated rings. The maximum Gasteiger partial charge on any atom is 0.127 e. The van der Waals surface area contributed by atoms with Crippen molar-refractivity contribution in [1.29, 1.82) is 0 Å². The van der Waals surface area contributed by atoms with Gasteiger partial charge >= 0.3 is 0 Å². The van der Waals surface area contributed by atoms with E-state index in [1.165, 1.54) is 0 Å². The second kappa shape index (κ2) is 6.33. The molecule has 0 amide bonds. The summed E-state index contributed by atoms with van der Waals surface area (Å²) in [5, 5.41) is 3.40. The molecule has 1 atom stereocenters. The summed E-state index contributed by atoms with van der Waals surface area (Å²) < 4.78 is 13.9. The standard InChI is InChI=1S/C16H26FN/c1-6-18-15(9-10-16(3,4)5)13-11-12(2)7-8-14(13)17/h7-8,11,15,18H,6,9-10H2,1-5H3. The van der Waals surface area contributed by atoms with Crippen LogP contribution in [0.3, 0.4) is 0 Å². The van der Waals surface area contributed by atoms with Gasteiger partial charge in [-0.1, -0.05) is 45.4 Å². The Morgan fingerprint density at radius 3 is 2.50 bits per heavy atom. The van der Waals surface area contributed by atoms with Crippen molar-refractivity contribution in [3.8, 4) is 0 Å². The molecular weight excluding hydrogens is 225 g/mol. The van der Waals surface area contributed by atoms with Crippen LogP contribution in [0.1, 0.15) is 57.7 Å². The van der Waals surface area contributed by atoms with E-state index in [-0.39, 0.29) is 17.3 Å². The van der Waals surface area contributed by atoms with E-state index in [1.54, 1.807) is 6.07 Å². The van der Waals surface area contributed by atoms with Crippen molar-refractivity contribution in [2.45, 2.75) is 53.5 Å². The van der Waals surface area contributed by atoms with Crippen LogP contribution in [0.2, 0.25) is 0 Å². The molecule has 1 N–H and O–H groups in total. The lowest BCUT2D eigenvalue weighted by Gasteiger charge is -2.24. The lowest BCUT2D eigenvalue weighted by atomic mass is 9.87. The highest BCUT2D eigenvalue weighted by Gasteiger charge is 2.18. The van der Waals surface area contributed by atoms with E-state index < -0.39 is 0 Å². The maximum atomic E-state index is 13.9. The zero-order valence-corrected chi connectivity index (χ0v) is 12.3. The monoisotopic (exact) mass is 251 g/mol. The summed E-state index contributed by atoms with van der Waals surface area (Å²) in [4.78, 5) is 0. The summed E-state index contributed by atoms with van der Waals surface area (Å²) in [6.45, 7) is 11.6. The zero-order chi connectivity index (χ0) is 13.8. The molecule has 102 valence electrons. The van der Waals surface area contributed by atoms with Gasteiger partial charge in [-0.15, -0.1) is 0 Å². The first kappa shape index (κ1) is 15.2. The van der Waals surface area contributed by atoms with E-state index in [2.05, 4.69) is 33.0 Å². The van der Waals surface area contributed by atoms with Crippen LogP contribution in [0.4, 0.5) is 4.39 Å². The minimum absolute atomic E-state index is 0.0968. The van der Waals surface area contributed by atoms with Gasteiger partial charge in [0.25, 0.3) is 0 Å². The van der Waals surface area contributed by atoms with Crippen LogP contribution in [-0.2, 0) is 0 Å². The van der Waals surface area contributed by atoms with Crippen molar-refractivity contribution in [2.24, 2.45) is 5.41 Å². The van der Waals surface area contributed by atoms with E-state index in [0.29, 0.717) is 0 Å². The van der Waals surface area contributed by atoms with E-state index in [0.717, 1.165) is 30.5 Å². The third kappa shape index (κ3) is 4.77. The van der Waals surface area contributed by atoms with Crippen molar-refractivity contribution in [2.75, 3.05) is 6.54 Å². The second-order valence-corrected chi connectivity index (χ2v) is 6.23. The van der Waals surface area contributed by atoms with Gasteiger partial charge in [-0.05, 0) is 37.8 Å². The molecule has 0 heterocycles. The summed E-state index contributed by atoms with van der Waals surface area (Å²) in [7, 11) is 0. The molecule has 1 rings (SSSR count). The number of nitrogens with one attached hydrogen (secondary N) is 1. The molecular formula is C16H26FN. The summed E-state index contributed by atoms with van der Waals surface area (Å²) >= 11 is 0. The molecule has 0 saturated carbocycles. The lowest BCUT2D eigenvalue weighted by molar-refractivity contribution is 0.330. The smallest absolute Gasteiger partial charge is 0.127 e. The van der Waals surface area contributed by atoms with Gasteiger partial charge < -0.3 is 5.32 Å². The molecule has 0 radical (unpaired) electrons. The SMILES string of the molecule is CCNC(CCC(C)(C)C)c1cc(C)ccc1F. The predicted octanol–water partition coefficient (Wildman–Crippen LogP) is 4.61. The number of benzene rings is 1. The normalized spacial score (nSPS) is 13.7. The number of halogens is 1. The minimum atomic E-state index is -0.0968. The molecule has 1 aromatic carbocycles. The molecule has 0 bridgehead atoms. The molecule has 0 saturated heterocycles. The highest BCUT2D eigenvalue weighted by Crippen LogP contribution is 2.29. The molecule has 0 aromatic heterocycles. The fourth-order valence-corrected chi connectivity index (χ4v) is 2.12. The number of rotatable bonds is 5. The van der Waals surface area contributed by atoms with Crippen LogP contribution in [0.25, 0.3) is 0 Å². The third-order valence-corrected chi connectivity index (χ3v) is 3.16. The molecule has 1 unspecified atom stereocenters. The van der Waals surface area contributed by atoms with Crippen LogP contribution >= 0.6 is 0 Å². The summed E-state index contributed by atoms with van der Waals surface area (Å²) in [6.07, 6.45) is 2.05. The first-order valence-corrected chi connectivity index (χ1v) is 6.83. The molecule has 0 aliphatic rings. The van der Waals surface area contributed by atoms with Gasteiger partial charge in [-0.3, -0.25) is 0 Å². The number of hydrogen-bond donors (Lipinski definition) is 1. The van der Waals surface area contributed by atoms with Gasteiger partial charge in [0.15, 0.2) is 0 Å². The van der Waals surface area contributed by atoms with Gasteiger partial charge in [0, 0.05) is 11.6 Å². The predicted molar refractivity (Wildman–Crippen MR) is 76.2 cm³/mol. The van der Waals surface area contributed by atoms with E-state index in [1.807, 2.05) is 19.1 Å². The number of aryl methyl sites for hydroxylation is 1. The lowest BCUT2D eigenvalue weighted by Crippen LogP contribution is -2.23. The highest BCUT2D eigenvalue weighted by atomic mass is 19.1. The minimum Gasteiger partial charge on any atom is -0.310 e. The Hall–Kier alpha value is -0.890. The van der Waals surface area contributed by atoms with Crippen molar-refractivity contribution in [1.82, 2.24) is 5.32 Å². The van der Waals surface area contributed by atoms with Crippen molar-refractivity contribution in [3.63, 3.8) is 0 Å². The van der Waals surface area contributed by atoms with Gasteiger partial charge in [-0.25, -0.2) is 4.39 Å². The zero-order valence-electron chi connectivity index (χ0n) is 12.3. The van der Waals surface area contributed by atoms with Crippen LogP contribution < -0.4 is 5.32 Å². The van der Waals surface area contributed by atoms with Crippen LogP contribution in [0.15, 0.2) is 18.2 Å². The molecule has 1 aromatic rings. The van der Waals surface area contributed by atoms with E-state index >= 15 is 0 Å². The molecule has 0 spiro atoms. The van der Waals surface area contributed by atoms with Gasteiger partial charge in [-0.2, -0.15) is 0 Å². The van der Waals surface area contributed by atoms with Gasteiger partial charge in [0.1, 0.15) is 5.82 Å². The molecule has 2 heteroatoms. The molecule has 0 aliphatic heterocycles. The molecule has 1 nitrogen and oxygen atoms in total. The molecule has 0 aliphatic carbocycles. The van der Waals surface area contributed by atoms with Crippen LogP contribution in [-0.4, -0.2) is 6.54 Å². The van der Waals surface area contributed by atoms with E-state index in [9.17, 15) is 4.39 Å². The average Bonchev–Trinajstić information content (AvgIpc) is 2.26. The van der Waals surface area contributed by atoms with Crippen molar-refractivity contribution >= 4 is 0 Å². The quantitative estimate of drug-likeness (QED) is 0.805. The summed E-state index contributed by atoms with van der Waals surface area (Å²) in [6, 6.07) is 5.48. The Morgan fingerprint density at radius 1 is 1.28 bits per heavy atom. The third-order valence-electron chi connectivity index (χ3n) is 3.16. The number of hydrogen-bond acceptors (Lipinski definition) is 1. The topological polar surface area (TPSA) is 12.0 Å². The Bertz CT molecular complexity index is 379. The average molecular weight is 251 g/mol. The van der Waals surface area contributed by atoms with Crippen molar-refractivity contribution in [3.05, 3.63) is 35.1 Å². The Labute approximate surface area is 111 Å². The van der Waals surface area contributed by atoms with Gasteiger partial charge in [0.05, 0.1) is 0 Å². The van der Waals surface area contributed by atoms with Crippen LogP contribution in [0, 0.1) is 18.2 Å². The fraction of sp³-hybridized carbons (Fsp3) is 0.625. The second-order valence-electron chi connectivity index (χ2n) is 6.23. The maximum absolute atomic E-state index is 13.9. The summed E-state index contributed by atoms with van der Waals surface area (Å²) in [5.41, 5.74) is 2.21. The first-order chi connectivity index (χ1) is 8.33.